The monoisotopic (exact) mass is 291 g/mol. The van der Waals surface area contributed by atoms with Crippen LogP contribution in [0, 0.1) is 0 Å². The summed E-state index contributed by atoms with van der Waals surface area (Å²) in [6.07, 6.45) is 0. The van der Waals surface area contributed by atoms with Crippen molar-refractivity contribution in [3.63, 3.8) is 0 Å². The lowest BCUT2D eigenvalue weighted by Gasteiger charge is -2.14. The third kappa shape index (κ3) is 3.11. The van der Waals surface area contributed by atoms with Crippen LogP contribution in [0.15, 0.2) is 35.7 Å². The van der Waals surface area contributed by atoms with Crippen LogP contribution < -0.4 is 14.8 Å². The summed E-state index contributed by atoms with van der Waals surface area (Å²) in [5, 5.41) is 4.95. The first kappa shape index (κ1) is 14.4. The van der Waals surface area contributed by atoms with Gasteiger partial charge in [-0.1, -0.05) is 6.07 Å². The minimum Gasteiger partial charge on any atom is -0.497 e. The number of thiophene rings is 1. The van der Waals surface area contributed by atoms with Crippen LogP contribution >= 0.6 is 11.3 Å². The Morgan fingerprint density at radius 3 is 2.65 bits per heavy atom. The van der Waals surface area contributed by atoms with Gasteiger partial charge >= 0.3 is 0 Å². The molecule has 1 N–H and O–H groups in total. The normalized spacial score (nSPS) is 11.8. The van der Waals surface area contributed by atoms with Gasteiger partial charge < -0.3 is 14.8 Å². The molecule has 4 nitrogen and oxygen atoms in total. The quantitative estimate of drug-likeness (QED) is 0.920. The molecule has 5 heteroatoms. The summed E-state index contributed by atoms with van der Waals surface area (Å²) < 4.78 is 10.4. The van der Waals surface area contributed by atoms with Crippen molar-refractivity contribution < 1.29 is 14.3 Å². The molecule has 0 aliphatic carbocycles. The van der Waals surface area contributed by atoms with Gasteiger partial charge in [0, 0.05) is 10.9 Å². The van der Waals surface area contributed by atoms with Crippen LogP contribution in [0.1, 0.15) is 28.2 Å². The van der Waals surface area contributed by atoms with Gasteiger partial charge in [-0.05, 0) is 30.5 Å². The van der Waals surface area contributed by atoms with Crippen molar-refractivity contribution in [1.29, 1.82) is 0 Å². The number of amides is 1. The zero-order chi connectivity index (χ0) is 14.5. The van der Waals surface area contributed by atoms with Gasteiger partial charge in [-0.25, -0.2) is 0 Å². The van der Waals surface area contributed by atoms with E-state index in [1.165, 1.54) is 7.11 Å². The maximum Gasteiger partial charge on any atom is 0.255 e. The highest BCUT2D eigenvalue weighted by atomic mass is 32.1. The van der Waals surface area contributed by atoms with Gasteiger partial charge in [-0.15, -0.1) is 11.3 Å². The summed E-state index contributed by atoms with van der Waals surface area (Å²) in [7, 11) is 3.11. The number of benzene rings is 1. The van der Waals surface area contributed by atoms with Crippen molar-refractivity contribution in [2.24, 2.45) is 0 Å². The van der Waals surface area contributed by atoms with Gasteiger partial charge in [-0.2, -0.15) is 0 Å². The number of ether oxygens (including phenoxy) is 2. The predicted molar refractivity (Wildman–Crippen MR) is 79.7 cm³/mol. The van der Waals surface area contributed by atoms with Crippen LogP contribution in [0.25, 0.3) is 0 Å². The highest BCUT2D eigenvalue weighted by molar-refractivity contribution is 7.10. The molecule has 0 aliphatic heterocycles. The second-order valence-corrected chi connectivity index (χ2v) is 5.26. The number of hydrogen-bond donors (Lipinski definition) is 1. The highest BCUT2D eigenvalue weighted by Gasteiger charge is 2.16. The summed E-state index contributed by atoms with van der Waals surface area (Å²) in [6, 6.07) is 9.08. The largest absolute Gasteiger partial charge is 0.497 e. The van der Waals surface area contributed by atoms with E-state index in [1.807, 2.05) is 24.4 Å². The molecule has 1 heterocycles. The van der Waals surface area contributed by atoms with Gasteiger partial charge in [-0.3, -0.25) is 4.79 Å². The Hall–Kier alpha value is -2.01. The van der Waals surface area contributed by atoms with E-state index in [0.717, 1.165) is 4.88 Å². The summed E-state index contributed by atoms with van der Waals surface area (Å²) in [5.41, 5.74) is 0.497. The molecule has 0 saturated carbocycles. The van der Waals surface area contributed by atoms with E-state index in [9.17, 15) is 4.79 Å². The Labute approximate surface area is 122 Å². The highest BCUT2D eigenvalue weighted by Crippen LogP contribution is 2.25. The molecule has 1 unspecified atom stereocenters. The van der Waals surface area contributed by atoms with E-state index in [-0.39, 0.29) is 11.9 Å². The van der Waals surface area contributed by atoms with E-state index < -0.39 is 0 Å². The van der Waals surface area contributed by atoms with Crippen molar-refractivity contribution >= 4 is 17.2 Å². The zero-order valence-electron chi connectivity index (χ0n) is 11.7. The Morgan fingerprint density at radius 2 is 2.05 bits per heavy atom. The fourth-order valence-electron chi connectivity index (χ4n) is 1.87. The first-order valence-electron chi connectivity index (χ1n) is 6.22. The summed E-state index contributed by atoms with van der Waals surface area (Å²) >= 11 is 1.62. The second-order valence-electron chi connectivity index (χ2n) is 4.28. The molecular formula is C15H17NO3S. The van der Waals surface area contributed by atoms with Crippen LogP contribution in [0.2, 0.25) is 0 Å². The number of rotatable bonds is 5. The van der Waals surface area contributed by atoms with Crippen molar-refractivity contribution in [1.82, 2.24) is 5.32 Å². The Morgan fingerprint density at radius 1 is 1.25 bits per heavy atom. The summed E-state index contributed by atoms with van der Waals surface area (Å²) in [5.74, 6) is 0.996. The molecule has 2 rings (SSSR count). The fourth-order valence-corrected chi connectivity index (χ4v) is 2.60. The van der Waals surface area contributed by atoms with Crippen LogP contribution in [0.4, 0.5) is 0 Å². The average Bonchev–Trinajstić information content (AvgIpc) is 3.00. The molecule has 106 valence electrons. The molecule has 1 atom stereocenters. The first-order valence-corrected chi connectivity index (χ1v) is 7.10. The lowest BCUT2D eigenvalue weighted by atomic mass is 10.1. The maximum absolute atomic E-state index is 12.3. The third-order valence-electron chi connectivity index (χ3n) is 2.97. The van der Waals surface area contributed by atoms with E-state index in [2.05, 4.69) is 5.32 Å². The van der Waals surface area contributed by atoms with E-state index in [4.69, 9.17) is 9.47 Å². The van der Waals surface area contributed by atoms with E-state index >= 15 is 0 Å². The molecule has 0 radical (unpaired) electrons. The maximum atomic E-state index is 12.3. The van der Waals surface area contributed by atoms with Crippen molar-refractivity contribution in [2.45, 2.75) is 13.0 Å². The lowest BCUT2D eigenvalue weighted by molar-refractivity contribution is 0.0937. The molecule has 2 aromatic rings. The minimum atomic E-state index is -0.162. The topological polar surface area (TPSA) is 47.6 Å². The Kier molecular flexibility index (Phi) is 4.63. The van der Waals surface area contributed by atoms with Gasteiger partial charge in [0.05, 0.1) is 25.8 Å². The van der Waals surface area contributed by atoms with Crippen LogP contribution in [-0.2, 0) is 0 Å². The van der Waals surface area contributed by atoms with E-state index in [0.29, 0.717) is 17.1 Å². The smallest absolute Gasteiger partial charge is 0.255 e. The fraction of sp³-hybridized carbons (Fsp3) is 0.267. The number of hydrogen-bond acceptors (Lipinski definition) is 4. The van der Waals surface area contributed by atoms with Crippen molar-refractivity contribution in [3.05, 3.63) is 46.2 Å². The first-order chi connectivity index (χ1) is 9.65. The molecule has 1 amide bonds. The van der Waals surface area contributed by atoms with Crippen LogP contribution in [0.3, 0.4) is 0 Å². The summed E-state index contributed by atoms with van der Waals surface area (Å²) in [4.78, 5) is 13.4. The number of carbonyl (C=O) groups is 1. The standard InChI is InChI=1S/C15H17NO3S/c1-10(14-5-4-8-20-14)16-15(17)12-7-6-11(18-2)9-13(12)19-3/h4-10H,1-3H3,(H,16,17). The molecule has 0 aliphatic rings. The SMILES string of the molecule is COc1ccc(C(=O)NC(C)c2cccs2)c(OC)c1. The number of nitrogens with one attached hydrogen (secondary N) is 1. The van der Waals surface area contributed by atoms with Crippen molar-refractivity contribution in [2.75, 3.05) is 14.2 Å². The van der Waals surface area contributed by atoms with Crippen LogP contribution in [-0.4, -0.2) is 20.1 Å². The molecule has 0 saturated heterocycles. The zero-order valence-corrected chi connectivity index (χ0v) is 12.5. The molecule has 0 spiro atoms. The molecule has 0 fully saturated rings. The van der Waals surface area contributed by atoms with Crippen molar-refractivity contribution in [3.8, 4) is 11.5 Å². The van der Waals surface area contributed by atoms with Gasteiger partial charge in [0.15, 0.2) is 0 Å². The molecule has 1 aromatic carbocycles. The predicted octanol–water partition coefficient (Wildman–Crippen LogP) is 3.26. The average molecular weight is 291 g/mol. The molecule has 1 aromatic heterocycles. The Balaban J connectivity index is 2.16. The number of methoxy groups -OCH3 is 2. The van der Waals surface area contributed by atoms with Crippen LogP contribution in [0.5, 0.6) is 11.5 Å². The summed E-state index contributed by atoms with van der Waals surface area (Å²) in [6.45, 7) is 1.96. The van der Waals surface area contributed by atoms with Gasteiger partial charge in [0.25, 0.3) is 5.91 Å². The third-order valence-corrected chi connectivity index (χ3v) is 4.03. The Bertz CT molecular complexity index is 581. The molecule has 20 heavy (non-hydrogen) atoms. The minimum absolute atomic E-state index is 0.0330. The van der Waals surface area contributed by atoms with Gasteiger partial charge in [0.1, 0.15) is 11.5 Å². The molecule has 0 bridgehead atoms. The second kappa shape index (κ2) is 6.43. The molecular weight excluding hydrogens is 274 g/mol. The number of carbonyl (C=O) groups excluding carboxylic acids is 1. The lowest BCUT2D eigenvalue weighted by Crippen LogP contribution is -2.26. The van der Waals surface area contributed by atoms with E-state index in [1.54, 1.807) is 36.6 Å². The van der Waals surface area contributed by atoms with Gasteiger partial charge in [0.2, 0.25) is 0 Å².